The van der Waals surface area contributed by atoms with Gasteiger partial charge in [0.25, 0.3) is 0 Å². The second-order valence-electron chi connectivity index (χ2n) is 8.47. The van der Waals surface area contributed by atoms with Gasteiger partial charge in [-0.15, -0.1) is 0 Å². The van der Waals surface area contributed by atoms with E-state index in [0.29, 0.717) is 63.4 Å². The molecule has 2 aromatic rings. The number of ether oxygens (including phenoxy) is 4. The zero-order chi connectivity index (χ0) is 26.5. The van der Waals surface area contributed by atoms with E-state index in [9.17, 15) is 14.9 Å². The van der Waals surface area contributed by atoms with Crippen molar-refractivity contribution in [3.63, 3.8) is 0 Å². The van der Waals surface area contributed by atoms with Gasteiger partial charge in [0.1, 0.15) is 17.9 Å². The second kappa shape index (κ2) is 11.7. The molecule has 0 fully saturated rings. The average Bonchev–Trinajstić information content (AvgIpc) is 2.88. The maximum absolute atomic E-state index is 13.1. The fraction of sp³-hybridized carbons (Fsp3) is 0.321. The summed E-state index contributed by atoms with van der Waals surface area (Å²) in [5.74, 6) is -0.0659. The van der Waals surface area contributed by atoms with E-state index in [2.05, 4.69) is 28.7 Å². The molecule has 1 aliphatic carbocycles. The lowest BCUT2D eigenvalue weighted by Gasteiger charge is -2.32. The Labute approximate surface area is 229 Å². The summed E-state index contributed by atoms with van der Waals surface area (Å²) in [6, 6.07) is 13.0. The summed E-state index contributed by atoms with van der Waals surface area (Å²) in [6.45, 7) is 4.26. The molecule has 1 atom stereocenters. The van der Waals surface area contributed by atoms with Crippen LogP contribution in [0, 0.1) is 14.9 Å². The van der Waals surface area contributed by atoms with Crippen molar-refractivity contribution < 1.29 is 28.5 Å². The Morgan fingerprint density at radius 2 is 1.97 bits per heavy atom. The van der Waals surface area contributed by atoms with Gasteiger partial charge >= 0.3 is 5.97 Å². The predicted octanol–water partition coefficient (Wildman–Crippen LogP) is 4.99. The molecule has 0 aromatic heterocycles. The maximum atomic E-state index is 13.1. The van der Waals surface area contributed by atoms with E-state index in [1.807, 2.05) is 25.1 Å². The Hall–Kier alpha value is -3.52. The standard InChI is InChI=1S/C28H27IN2O6/c1-3-34-22-13-18(12-19(29)26(22)36-15-17-9-6-5-8-16(17)14-30)23-24-20(32)10-7-11-21(24)37-27(31)25(23)28(33)35-4-2/h5-6,8-9,12-13,23H,3-4,7,10-11,15,31H2,1-2H3. The van der Waals surface area contributed by atoms with Crippen LogP contribution in [-0.4, -0.2) is 25.0 Å². The van der Waals surface area contributed by atoms with Crippen LogP contribution < -0.4 is 15.2 Å². The molecular formula is C28H27IN2O6. The lowest BCUT2D eigenvalue weighted by atomic mass is 9.77. The average molecular weight is 614 g/mol. The number of allylic oxidation sites excluding steroid dienone is 2. The maximum Gasteiger partial charge on any atom is 0.340 e. The number of esters is 1. The molecule has 2 aliphatic rings. The summed E-state index contributed by atoms with van der Waals surface area (Å²) in [4.78, 5) is 26.1. The lowest BCUT2D eigenvalue weighted by molar-refractivity contribution is -0.139. The highest BCUT2D eigenvalue weighted by Crippen LogP contribution is 2.47. The first-order chi connectivity index (χ1) is 17.9. The van der Waals surface area contributed by atoms with Gasteiger partial charge in [-0.2, -0.15) is 5.26 Å². The number of carbonyl (C=O) groups is 2. The van der Waals surface area contributed by atoms with Gasteiger partial charge in [0.2, 0.25) is 5.88 Å². The highest BCUT2D eigenvalue weighted by atomic mass is 127. The molecule has 0 bridgehead atoms. The molecule has 0 amide bonds. The van der Waals surface area contributed by atoms with Crippen molar-refractivity contribution in [2.45, 2.75) is 45.6 Å². The molecule has 0 saturated heterocycles. The molecule has 37 heavy (non-hydrogen) atoms. The third kappa shape index (κ3) is 5.44. The van der Waals surface area contributed by atoms with Crippen LogP contribution in [0.1, 0.15) is 55.7 Å². The van der Waals surface area contributed by atoms with Gasteiger partial charge in [0.05, 0.1) is 34.3 Å². The molecule has 1 unspecified atom stereocenters. The second-order valence-corrected chi connectivity index (χ2v) is 9.63. The van der Waals surface area contributed by atoms with E-state index in [-0.39, 0.29) is 30.5 Å². The van der Waals surface area contributed by atoms with Gasteiger partial charge in [0, 0.05) is 24.0 Å². The smallest absolute Gasteiger partial charge is 0.340 e. The van der Waals surface area contributed by atoms with E-state index in [0.717, 1.165) is 5.56 Å². The SMILES string of the molecule is CCOC(=O)C1=C(N)OC2=C(C(=O)CCC2)C1c1cc(I)c(OCc2ccccc2C#N)c(OCC)c1. The Kier molecular flexibility index (Phi) is 8.38. The summed E-state index contributed by atoms with van der Waals surface area (Å²) < 4.78 is 23.8. The number of halogens is 1. The van der Waals surface area contributed by atoms with Crippen molar-refractivity contribution in [3.8, 4) is 17.6 Å². The summed E-state index contributed by atoms with van der Waals surface area (Å²) >= 11 is 2.14. The molecule has 1 aliphatic heterocycles. The van der Waals surface area contributed by atoms with E-state index in [1.165, 1.54) is 0 Å². The number of benzene rings is 2. The number of nitrogens with zero attached hydrogens (tertiary/aromatic N) is 1. The number of rotatable bonds is 8. The summed E-state index contributed by atoms with van der Waals surface area (Å²) in [7, 11) is 0. The van der Waals surface area contributed by atoms with Gasteiger partial charge in [-0.1, -0.05) is 18.2 Å². The molecular weight excluding hydrogens is 587 g/mol. The Balaban J connectivity index is 1.80. The van der Waals surface area contributed by atoms with Crippen LogP contribution in [0.25, 0.3) is 0 Å². The molecule has 0 saturated carbocycles. The molecule has 4 rings (SSSR count). The van der Waals surface area contributed by atoms with Gasteiger partial charge in [-0.05, 0) is 66.6 Å². The fourth-order valence-corrected chi connectivity index (χ4v) is 5.34. The topological polar surface area (TPSA) is 121 Å². The lowest BCUT2D eigenvalue weighted by Crippen LogP contribution is -2.31. The minimum Gasteiger partial charge on any atom is -0.490 e. The molecule has 0 radical (unpaired) electrons. The number of hydrogen-bond acceptors (Lipinski definition) is 8. The van der Waals surface area contributed by atoms with E-state index >= 15 is 0 Å². The Morgan fingerprint density at radius 3 is 2.70 bits per heavy atom. The minimum atomic E-state index is -0.753. The van der Waals surface area contributed by atoms with E-state index < -0.39 is 11.9 Å². The van der Waals surface area contributed by atoms with Crippen molar-refractivity contribution >= 4 is 34.3 Å². The molecule has 192 valence electrons. The van der Waals surface area contributed by atoms with Crippen LogP contribution in [0.2, 0.25) is 0 Å². The van der Waals surface area contributed by atoms with Crippen LogP contribution in [0.4, 0.5) is 0 Å². The third-order valence-corrected chi connectivity index (χ3v) is 6.96. The first-order valence-corrected chi connectivity index (χ1v) is 13.1. The largest absolute Gasteiger partial charge is 0.490 e. The van der Waals surface area contributed by atoms with Gasteiger partial charge in [-0.3, -0.25) is 4.79 Å². The molecule has 2 N–H and O–H groups in total. The van der Waals surface area contributed by atoms with Crippen molar-refractivity contribution in [1.29, 1.82) is 5.26 Å². The summed E-state index contributed by atoms with van der Waals surface area (Å²) in [5.41, 5.74) is 8.68. The molecule has 0 spiro atoms. The van der Waals surface area contributed by atoms with Crippen molar-refractivity contribution in [3.05, 3.63) is 79.4 Å². The minimum absolute atomic E-state index is 0.0571. The summed E-state index contributed by atoms with van der Waals surface area (Å²) in [6.07, 6.45) is 1.58. The van der Waals surface area contributed by atoms with Gasteiger partial charge in [-0.25, -0.2) is 4.79 Å². The quantitative estimate of drug-likeness (QED) is 0.326. The highest BCUT2D eigenvalue weighted by molar-refractivity contribution is 14.1. The van der Waals surface area contributed by atoms with Crippen LogP contribution in [0.5, 0.6) is 11.5 Å². The van der Waals surface area contributed by atoms with Crippen molar-refractivity contribution in [2.24, 2.45) is 5.73 Å². The van der Waals surface area contributed by atoms with Crippen LogP contribution in [0.3, 0.4) is 0 Å². The first kappa shape index (κ1) is 26.5. The molecule has 8 nitrogen and oxygen atoms in total. The molecule has 2 aromatic carbocycles. The third-order valence-electron chi connectivity index (χ3n) is 6.15. The fourth-order valence-electron chi connectivity index (χ4n) is 4.56. The van der Waals surface area contributed by atoms with Crippen molar-refractivity contribution in [1.82, 2.24) is 0 Å². The number of nitrogens with two attached hydrogens (primary N) is 1. The van der Waals surface area contributed by atoms with Crippen LogP contribution in [0.15, 0.2) is 59.2 Å². The van der Waals surface area contributed by atoms with E-state index in [1.54, 1.807) is 25.1 Å². The molecule has 1 heterocycles. The number of carbonyl (C=O) groups excluding carboxylic acids is 2. The Bertz CT molecular complexity index is 1340. The Morgan fingerprint density at radius 1 is 1.19 bits per heavy atom. The van der Waals surface area contributed by atoms with Crippen LogP contribution >= 0.6 is 22.6 Å². The van der Waals surface area contributed by atoms with Crippen LogP contribution in [-0.2, 0) is 25.7 Å². The highest BCUT2D eigenvalue weighted by Gasteiger charge is 2.41. The van der Waals surface area contributed by atoms with Gasteiger partial charge in [0.15, 0.2) is 17.3 Å². The van der Waals surface area contributed by atoms with Crippen molar-refractivity contribution in [2.75, 3.05) is 13.2 Å². The zero-order valence-corrected chi connectivity index (χ0v) is 22.8. The zero-order valence-electron chi connectivity index (χ0n) is 20.6. The monoisotopic (exact) mass is 614 g/mol. The first-order valence-electron chi connectivity index (χ1n) is 12.1. The number of ketones is 1. The van der Waals surface area contributed by atoms with E-state index in [4.69, 9.17) is 24.7 Å². The van der Waals surface area contributed by atoms with Gasteiger partial charge < -0.3 is 24.7 Å². The molecule has 9 heteroatoms. The number of hydrogen-bond donors (Lipinski definition) is 1. The number of Topliss-reactive ketones (excluding diaryl/α,β-unsaturated/α-hetero) is 1. The number of nitriles is 1. The predicted molar refractivity (Wildman–Crippen MR) is 143 cm³/mol. The summed E-state index contributed by atoms with van der Waals surface area (Å²) in [5, 5.41) is 9.41. The normalized spacial score (nSPS) is 17.0.